The van der Waals surface area contributed by atoms with Gasteiger partial charge < -0.3 is 10.2 Å². The van der Waals surface area contributed by atoms with Crippen molar-refractivity contribution in [1.82, 2.24) is 4.72 Å². The van der Waals surface area contributed by atoms with Crippen LogP contribution in [0.3, 0.4) is 0 Å². The van der Waals surface area contributed by atoms with Gasteiger partial charge in [0.25, 0.3) is 0 Å². The molecule has 0 aliphatic rings. The van der Waals surface area contributed by atoms with Crippen molar-refractivity contribution in [3.63, 3.8) is 0 Å². The average Bonchev–Trinajstić information content (AvgIpc) is 2.31. The minimum Gasteiger partial charge on any atom is -0.479 e. The molecule has 0 aromatic heterocycles. The Hall–Kier alpha value is -1.15. The molecule has 1 aromatic rings. The first-order valence-electron chi connectivity index (χ1n) is 5.41. The maximum atomic E-state index is 12.0. The van der Waals surface area contributed by atoms with E-state index >= 15 is 0 Å². The first kappa shape index (κ1) is 15.9. The number of carboxylic acid groups (broad SMARTS) is 1. The van der Waals surface area contributed by atoms with Crippen LogP contribution in [0.1, 0.15) is 12.0 Å². The molecule has 3 N–H and O–H groups in total. The SMILES string of the molecule is Cc1c(Cl)cccc1S(=O)(=O)NCC[C@H](O)C(=O)O. The Morgan fingerprint density at radius 3 is 2.68 bits per heavy atom. The Morgan fingerprint density at radius 1 is 1.47 bits per heavy atom. The van der Waals surface area contributed by atoms with Crippen molar-refractivity contribution in [1.29, 1.82) is 0 Å². The second kappa shape index (κ2) is 6.33. The molecular weight excluding hydrogens is 294 g/mol. The Bertz CT molecular complexity index is 572. The van der Waals surface area contributed by atoms with Gasteiger partial charge in [-0.15, -0.1) is 0 Å². The number of sulfonamides is 1. The van der Waals surface area contributed by atoms with E-state index in [1.807, 2.05) is 0 Å². The molecule has 8 heteroatoms. The number of rotatable bonds is 6. The van der Waals surface area contributed by atoms with Gasteiger partial charge in [0.2, 0.25) is 10.0 Å². The number of halogens is 1. The molecule has 1 atom stereocenters. The fourth-order valence-electron chi connectivity index (χ4n) is 1.41. The zero-order valence-corrected chi connectivity index (χ0v) is 11.7. The Balaban J connectivity index is 2.77. The van der Waals surface area contributed by atoms with E-state index in [-0.39, 0.29) is 17.9 Å². The molecule has 1 aromatic carbocycles. The van der Waals surface area contributed by atoms with Crippen LogP contribution < -0.4 is 4.72 Å². The highest BCUT2D eigenvalue weighted by molar-refractivity contribution is 7.89. The van der Waals surface area contributed by atoms with Gasteiger partial charge in [0.15, 0.2) is 6.10 Å². The zero-order chi connectivity index (χ0) is 14.6. The lowest BCUT2D eigenvalue weighted by atomic mass is 10.2. The summed E-state index contributed by atoms with van der Waals surface area (Å²) in [5.74, 6) is -1.39. The Labute approximate surface area is 116 Å². The van der Waals surface area contributed by atoms with Gasteiger partial charge in [-0.25, -0.2) is 17.9 Å². The molecule has 0 aliphatic heterocycles. The summed E-state index contributed by atoms with van der Waals surface area (Å²) in [6.45, 7) is 1.39. The summed E-state index contributed by atoms with van der Waals surface area (Å²) in [6, 6.07) is 4.48. The summed E-state index contributed by atoms with van der Waals surface area (Å²) in [7, 11) is -3.77. The van der Waals surface area contributed by atoms with Crippen LogP contribution in [0.4, 0.5) is 0 Å². The van der Waals surface area contributed by atoms with Gasteiger partial charge in [-0.3, -0.25) is 0 Å². The van der Waals surface area contributed by atoms with E-state index in [0.717, 1.165) is 0 Å². The lowest BCUT2D eigenvalue weighted by molar-refractivity contribution is -0.146. The van der Waals surface area contributed by atoms with Gasteiger partial charge in [-0.1, -0.05) is 17.7 Å². The number of aliphatic hydroxyl groups excluding tert-OH is 1. The van der Waals surface area contributed by atoms with Gasteiger partial charge in [0.05, 0.1) is 4.90 Å². The molecule has 0 fully saturated rings. The Morgan fingerprint density at radius 2 is 2.11 bits per heavy atom. The van der Waals surface area contributed by atoms with E-state index in [0.29, 0.717) is 10.6 Å². The lowest BCUT2D eigenvalue weighted by Gasteiger charge is -2.11. The van der Waals surface area contributed by atoms with Crippen molar-refractivity contribution >= 4 is 27.6 Å². The number of aliphatic carboxylic acids is 1. The van der Waals surface area contributed by atoms with E-state index in [1.165, 1.54) is 12.1 Å². The summed E-state index contributed by atoms with van der Waals surface area (Å²) in [5, 5.41) is 17.8. The second-order valence-electron chi connectivity index (χ2n) is 3.90. The molecular formula is C11H14ClNO5S. The van der Waals surface area contributed by atoms with Crippen molar-refractivity contribution in [2.24, 2.45) is 0 Å². The van der Waals surface area contributed by atoms with E-state index in [2.05, 4.69) is 4.72 Å². The standard InChI is InChI=1S/C11H14ClNO5S/c1-7-8(12)3-2-4-10(7)19(17,18)13-6-5-9(14)11(15)16/h2-4,9,13-14H,5-6H2,1H3,(H,15,16)/t9-/m0/s1. The van der Waals surface area contributed by atoms with E-state index in [9.17, 15) is 13.2 Å². The molecule has 1 rings (SSSR count). The van der Waals surface area contributed by atoms with Gasteiger partial charge in [-0.05, 0) is 31.0 Å². The van der Waals surface area contributed by atoms with Gasteiger partial charge in [0, 0.05) is 11.6 Å². The molecule has 0 saturated carbocycles. The smallest absolute Gasteiger partial charge is 0.332 e. The molecule has 0 saturated heterocycles. The van der Waals surface area contributed by atoms with Gasteiger partial charge in [0.1, 0.15) is 0 Å². The highest BCUT2D eigenvalue weighted by atomic mass is 35.5. The highest BCUT2D eigenvalue weighted by Gasteiger charge is 2.19. The number of aliphatic hydroxyl groups is 1. The normalized spacial score (nSPS) is 13.2. The highest BCUT2D eigenvalue weighted by Crippen LogP contribution is 2.22. The predicted octanol–water partition coefficient (Wildman–Crippen LogP) is 0.762. The minimum atomic E-state index is -3.77. The van der Waals surface area contributed by atoms with E-state index < -0.39 is 22.1 Å². The molecule has 106 valence electrons. The molecule has 0 heterocycles. The summed E-state index contributed by atoms with van der Waals surface area (Å²) in [5.41, 5.74) is 0.412. The van der Waals surface area contributed by atoms with Crippen molar-refractivity contribution in [2.45, 2.75) is 24.3 Å². The average molecular weight is 308 g/mol. The number of hydrogen-bond acceptors (Lipinski definition) is 4. The quantitative estimate of drug-likeness (QED) is 0.720. The number of nitrogens with one attached hydrogen (secondary N) is 1. The van der Waals surface area contributed by atoms with Crippen LogP contribution in [-0.2, 0) is 14.8 Å². The molecule has 0 bridgehead atoms. The maximum absolute atomic E-state index is 12.0. The summed E-state index contributed by atoms with van der Waals surface area (Å²) in [6.07, 6.45) is -1.81. The first-order valence-corrected chi connectivity index (χ1v) is 7.27. The predicted molar refractivity (Wildman–Crippen MR) is 69.6 cm³/mol. The van der Waals surface area contributed by atoms with E-state index in [4.69, 9.17) is 21.8 Å². The van der Waals surface area contributed by atoms with Crippen molar-refractivity contribution < 1.29 is 23.4 Å². The van der Waals surface area contributed by atoms with E-state index in [1.54, 1.807) is 13.0 Å². The van der Waals surface area contributed by atoms with Crippen LogP contribution in [-0.4, -0.2) is 37.2 Å². The lowest BCUT2D eigenvalue weighted by Crippen LogP contribution is -2.30. The molecule has 0 aliphatic carbocycles. The van der Waals surface area contributed by atoms with Crippen LogP contribution in [0.15, 0.2) is 23.1 Å². The first-order chi connectivity index (χ1) is 8.75. The number of benzene rings is 1. The second-order valence-corrected chi connectivity index (χ2v) is 6.05. The molecule has 0 radical (unpaired) electrons. The van der Waals surface area contributed by atoms with Gasteiger partial charge >= 0.3 is 5.97 Å². The number of carbonyl (C=O) groups is 1. The van der Waals surface area contributed by atoms with Crippen molar-refractivity contribution in [2.75, 3.05) is 6.54 Å². The van der Waals surface area contributed by atoms with Crippen molar-refractivity contribution in [3.05, 3.63) is 28.8 Å². The van der Waals surface area contributed by atoms with Crippen LogP contribution in [0, 0.1) is 6.92 Å². The fraction of sp³-hybridized carbons (Fsp3) is 0.364. The fourth-order valence-corrected chi connectivity index (χ4v) is 2.95. The molecule has 0 amide bonds. The molecule has 0 unspecified atom stereocenters. The zero-order valence-electron chi connectivity index (χ0n) is 10.1. The Kier molecular flexibility index (Phi) is 5.30. The topological polar surface area (TPSA) is 104 Å². The largest absolute Gasteiger partial charge is 0.479 e. The molecule has 6 nitrogen and oxygen atoms in total. The number of hydrogen-bond donors (Lipinski definition) is 3. The molecule has 0 spiro atoms. The molecule has 19 heavy (non-hydrogen) atoms. The van der Waals surface area contributed by atoms with Crippen LogP contribution in [0.25, 0.3) is 0 Å². The summed E-state index contributed by atoms with van der Waals surface area (Å²) in [4.78, 5) is 10.4. The summed E-state index contributed by atoms with van der Waals surface area (Å²) < 4.78 is 26.1. The van der Waals surface area contributed by atoms with Crippen molar-refractivity contribution in [3.8, 4) is 0 Å². The third kappa shape index (κ3) is 4.17. The van der Waals surface area contributed by atoms with Crippen LogP contribution >= 0.6 is 11.6 Å². The van der Waals surface area contributed by atoms with Crippen LogP contribution in [0.2, 0.25) is 5.02 Å². The maximum Gasteiger partial charge on any atom is 0.332 e. The third-order valence-electron chi connectivity index (χ3n) is 2.50. The monoisotopic (exact) mass is 307 g/mol. The minimum absolute atomic E-state index is 0.0322. The van der Waals surface area contributed by atoms with Crippen LogP contribution in [0.5, 0.6) is 0 Å². The van der Waals surface area contributed by atoms with Gasteiger partial charge in [-0.2, -0.15) is 0 Å². The summed E-state index contributed by atoms with van der Waals surface area (Å²) >= 11 is 5.84. The third-order valence-corrected chi connectivity index (χ3v) is 4.52. The number of carboxylic acids is 1.